The second-order valence-electron chi connectivity index (χ2n) is 5.92. The van der Waals surface area contributed by atoms with Gasteiger partial charge in [0, 0.05) is 6.54 Å². The summed E-state index contributed by atoms with van der Waals surface area (Å²) in [6, 6.07) is 0. The molecule has 0 unspecified atom stereocenters. The zero-order valence-corrected chi connectivity index (χ0v) is 14.6. The van der Waals surface area contributed by atoms with E-state index in [1.807, 2.05) is 11.6 Å². The molecule has 0 aromatic carbocycles. The fourth-order valence-electron chi connectivity index (χ4n) is 3.10. The van der Waals surface area contributed by atoms with Crippen LogP contribution in [-0.2, 0) is 24.2 Å². The van der Waals surface area contributed by atoms with Crippen molar-refractivity contribution >= 4 is 21.7 Å². The van der Waals surface area contributed by atoms with Crippen LogP contribution in [0.15, 0.2) is 4.47 Å². The van der Waals surface area contributed by atoms with Crippen LogP contribution < -0.4 is 0 Å². The first-order chi connectivity index (χ1) is 10.0. The van der Waals surface area contributed by atoms with Gasteiger partial charge in [0.2, 0.25) is 0 Å². The van der Waals surface area contributed by atoms with Crippen LogP contribution in [-0.4, -0.2) is 26.3 Å². The molecule has 0 bridgehead atoms. The third-order valence-corrected chi connectivity index (χ3v) is 5.39. The first-order valence-corrected chi connectivity index (χ1v) is 8.81. The Balaban J connectivity index is 2.20. The smallest absolute Gasteiger partial charge is 0.170 e. The Bertz CT molecular complexity index is 503. The summed E-state index contributed by atoms with van der Waals surface area (Å²) in [5, 5.41) is 15.2. The molecule has 1 aromatic rings. The van der Waals surface area contributed by atoms with Crippen LogP contribution in [0.3, 0.4) is 0 Å². The van der Waals surface area contributed by atoms with Crippen LogP contribution in [0.4, 0.5) is 0 Å². The molecule has 1 aliphatic rings. The van der Waals surface area contributed by atoms with Gasteiger partial charge in [0.1, 0.15) is 5.60 Å². The molecule has 2 rings (SSSR count). The first kappa shape index (κ1) is 16.7. The van der Waals surface area contributed by atoms with Gasteiger partial charge >= 0.3 is 0 Å². The summed E-state index contributed by atoms with van der Waals surface area (Å²) in [5.41, 5.74) is 0.745. The van der Waals surface area contributed by atoms with E-state index in [-0.39, 0.29) is 12.2 Å². The second-order valence-corrected chi connectivity index (χ2v) is 6.72. The van der Waals surface area contributed by atoms with Crippen LogP contribution in [0.25, 0.3) is 0 Å². The second kappa shape index (κ2) is 7.05. The van der Waals surface area contributed by atoms with Crippen molar-refractivity contribution in [3.63, 3.8) is 0 Å². The van der Waals surface area contributed by atoms with Gasteiger partial charge in [0.25, 0.3) is 0 Å². The number of carbonyl (C=O) groups excluding carboxylic acids is 1. The topological polar surface area (TPSA) is 55.1 Å². The summed E-state index contributed by atoms with van der Waals surface area (Å²) < 4.78 is 2.80. The van der Waals surface area contributed by atoms with E-state index in [4.69, 9.17) is 0 Å². The van der Waals surface area contributed by atoms with Gasteiger partial charge in [-0.3, -0.25) is 9.48 Å². The molecule has 0 saturated heterocycles. The van der Waals surface area contributed by atoms with Gasteiger partial charge in [-0.25, -0.2) is 0 Å². The SMILES string of the molecule is CCc1nn(CC)c(CC(=O)C2(O)CCCCCC2)c1Br. The van der Waals surface area contributed by atoms with E-state index in [2.05, 4.69) is 28.0 Å². The minimum absolute atomic E-state index is 0.0534. The third kappa shape index (κ3) is 3.57. The van der Waals surface area contributed by atoms with Crippen LogP contribution in [0, 0.1) is 0 Å². The van der Waals surface area contributed by atoms with Crippen molar-refractivity contribution in [2.24, 2.45) is 0 Å². The van der Waals surface area contributed by atoms with E-state index in [1.54, 1.807) is 0 Å². The highest BCUT2D eigenvalue weighted by atomic mass is 79.9. The average Bonchev–Trinajstić information content (AvgIpc) is 2.65. The molecule has 21 heavy (non-hydrogen) atoms. The van der Waals surface area contributed by atoms with Gasteiger partial charge in [0.15, 0.2) is 5.78 Å². The van der Waals surface area contributed by atoms with Crippen molar-refractivity contribution in [3.05, 3.63) is 15.9 Å². The number of Topliss-reactive ketones (excluding diaryl/α,β-unsaturated/α-hetero) is 1. The Morgan fingerprint density at radius 1 is 1.29 bits per heavy atom. The summed E-state index contributed by atoms with van der Waals surface area (Å²) >= 11 is 3.57. The molecule has 0 aliphatic heterocycles. The van der Waals surface area contributed by atoms with Gasteiger partial charge in [-0.2, -0.15) is 5.10 Å². The number of halogens is 1. The fraction of sp³-hybridized carbons (Fsp3) is 0.750. The predicted octanol–water partition coefficient (Wildman–Crippen LogP) is 3.42. The van der Waals surface area contributed by atoms with Crippen LogP contribution in [0.5, 0.6) is 0 Å². The Labute approximate surface area is 135 Å². The molecule has 5 heteroatoms. The molecule has 0 radical (unpaired) electrons. The largest absolute Gasteiger partial charge is 0.382 e. The van der Waals surface area contributed by atoms with Gasteiger partial charge in [-0.05, 0) is 42.1 Å². The molecule has 0 spiro atoms. The summed E-state index contributed by atoms with van der Waals surface area (Å²) in [6.07, 6.45) is 6.41. The molecule has 1 fully saturated rings. The maximum Gasteiger partial charge on any atom is 0.170 e. The zero-order chi connectivity index (χ0) is 15.5. The number of nitrogens with zero attached hydrogens (tertiary/aromatic N) is 2. The lowest BCUT2D eigenvalue weighted by molar-refractivity contribution is -0.138. The standard InChI is InChI=1S/C16H25BrN2O2/c1-3-12-15(17)13(19(4-2)18-12)11-14(20)16(21)9-7-5-6-8-10-16/h21H,3-11H2,1-2H3. The quantitative estimate of drug-likeness (QED) is 0.822. The number of aryl methyl sites for hydroxylation is 2. The highest BCUT2D eigenvalue weighted by Crippen LogP contribution is 2.30. The first-order valence-electron chi connectivity index (χ1n) is 8.01. The van der Waals surface area contributed by atoms with Crippen LogP contribution >= 0.6 is 15.9 Å². The van der Waals surface area contributed by atoms with Crippen molar-refractivity contribution in [1.82, 2.24) is 9.78 Å². The van der Waals surface area contributed by atoms with E-state index in [0.717, 1.165) is 54.5 Å². The van der Waals surface area contributed by atoms with Crippen LogP contribution in [0.1, 0.15) is 63.8 Å². The Hall–Kier alpha value is -0.680. The summed E-state index contributed by atoms with van der Waals surface area (Å²) in [6.45, 7) is 4.81. The van der Waals surface area contributed by atoms with Crippen molar-refractivity contribution in [2.75, 3.05) is 0 Å². The monoisotopic (exact) mass is 356 g/mol. The molecule has 0 atom stereocenters. The lowest BCUT2D eigenvalue weighted by Crippen LogP contribution is -2.39. The van der Waals surface area contributed by atoms with Gasteiger partial charge in [0.05, 0.1) is 22.3 Å². The van der Waals surface area contributed by atoms with Crippen molar-refractivity contribution in [3.8, 4) is 0 Å². The van der Waals surface area contributed by atoms with E-state index < -0.39 is 5.60 Å². The van der Waals surface area contributed by atoms with E-state index >= 15 is 0 Å². The van der Waals surface area contributed by atoms with Crippen molar-refractivity contribution in [1.29, 1.82) is 0 Å². The fourth-order valence-corrected chi connectivity index (χ4v) is 3.80. The molecule has 4 nitrogen and oxygen atoms in total. The number of aromatic nitrogens is 2. The molecule has 118 valence electrons. The summed E-state index contributed by atoms with van der Waals surface area (Å²) in [7, 11) is 0. The van der Waals surface area contributed by atoms with E-state index in [0.29, 0.717) is 12.8 Å². The molecule has 1 saturated carbocycles. The molecule has 1 aliphatic carbocycles. The number of rotatable bonds is 5. The number of hydrogen-bond donors (Lipinski definition) is 1. The Kier molecular flexibility index (Phi) is 5.60. The maximum absolute atomic E-state index is 12.6. The number of hydrogen-bond acceptors (Lipinski definition) is 3. The molecule has 0 amide bonds. The van der Waals surface area contributed by atoms with Crippen molar-refractivity contribution in [2.45, 2.75) is 77.4 Å². The van der Waals surface area contributed by atoms with Gasteiger partial charge < -0.3 is 5.11 Å². The van der Waals surface area contributed by atoms with Gasteiger partial charge in [-0.1, -0.05) is 32.6 Å². The maximum atomic E-state index is 12.6. The predicted molar refractivity (Wildman–Crippen MR) is 86.3 cm³/mol. The molecule has 1 aromatic heterocycles. The minimum atomic E-state index is -1.13. The minimum Gasteiger partial charge on any atom is -0.382 e. The number of ketones is 1. The normalized spacial score (nSPS) is 18.5. The summed E-state index contributed by atoms with van der Waals surface area (Å²) in [5.74, 6) is -0.0534. The Morgan fingerprint density at radius 2 is 1.90 bits per heavy atom. The molecule has 1 heterocycles. The van der Waals surface area contributed by atoms with Crippen molar-refractivity contribution < 1.29 is 9.90 Å². The summed E-state index contributed by atoms with van der Waals surface area (Å²) in [4.78, 5) is 12.6. The molecule has 1 N–H and O–H groups in total. The number of carbonyl (C=O) groups is 1. The third-order valence-electron chi connectivity index (χ3n) is 4.47. The highest BCUT2D eigenvalue weighted by Gasteiger charge is 2.36. The average molecular weight is 357 g/mol. The number of aliphatic hydroxyl groups is 1. The molecular formula is C16H25BrN2O2. The highest BCUT2D eigenvalue weighted by molar-refractivity contribution is 9.10. The molecular weight excluding hydrogens is 332 g/mol. The zero-order valence-electron chi connectivity index (χ0n) is 13.0. The van der Waals surface area contributed by atoms with E-state index in [9.17, 15) is 9.90 Å². The Morgan fingerprint density at radius 3 is 2.43 bits per heavy atom. The lowest BCUT2D eigenvalue weighted by Gasteiger charge is -2.25. The lowest BCUT2D eigenvalue weighted by atomic mass is 9.87. The van der Waals surface area contributed by atoms with E-state index in [1.165, 1.54) is 0 Å². The van der Waals surface area contributed by atoms with Crippen LogP contribution in [0.2, 0.25) is 0 Å². The van der Waals surface area contributed by atoms with Gasteiger partial charge in [-0.15, -0.1) is 0 Å².